The number of nitriles is 1. The van der Waals surface area contributed by atoms with E-state index in [9.17, 15) is 4.79 Å². The fourth-order valence-corrected chi connectivity index (χ4v) is 3.37. The van der Waals surface area contributed by atoms with Crippen LogP contribution in [0, 0.1) is 18.3 Å². The van der Waals surface area contributed by atoms with E-state index in [1.165, 1.54) is 0 Å². The van der Waals surface area contributed by atoms with Crippen molar-refractivity contribution < 1.29 is 9.53 Å². The van der Waals surface area contributed by atoms with Crippen LogP contribution in [-0.4, -0.2) is 5.78 Å². The second-order valence-electron chi connectivity index (χ2n) is 6.71. The van der Waals surface area contributed by atoms with Crippen molar-refractivity contribution in [3.8, 4) is 11.8 Å². The zero-order chi connectivity index (χ0) is 19.7. The molecular formula is C24H16ClNO2. The van der Waals surface area contributed by atoms with Crippen molar-refractivity contribution in [3.63, 3.8) is 0 Å². The topological polar surface area (TPSA) is 50.1 Å². The van der Waals surface area contributed by atoms with Crippen molar-refractivity contribution in [2.45, 2.75) is 13.0 Å². The predicted molar refractivity (Wildman–Crippen MR) is 109 cm³/mol. The highest BCUT2D eigenvalue weighted by molar-refractivity contribution is 6.30. The number of benzene rings is 3. The van der Waals surface area contributed by atoms with Crippen LogP contribution in [-0.2, 0) is 0 Å². The van der Waals surface area contributed by atoms with Gasteiger partial charge in [-0.2, -0.15) is 5.26 Å². The number of ether oxygens (including phenoxy) is 1. The number of hydrogen-bond donors (Lipinski definition) is 0. The van der Waals surface area contributed by atoms with Gasteiger partial charge < -0.3 is 4.74 Å². The molecule has 4 heteroatoms. The first-order valence-corrected chi connectivity index (χ1v) is 9.22. The molecule has 0 spiro atoms. The Hall–Kier alpha value is -3.35. The van der Waals surface area contributed by atoms with Crippen LogP contribution in [0.1, 0.15) is 38.7 Å². The summed E-state index contributed by atoms with van der Waals surface area (Å²) >= 11 is 6.03. The van der Waals surface area contributed by atoms with E-state index < -0.39 is 6.10 Å². The Balaban J connectivity index is 1.84. The highest BCUT2D eigenvalue weighted by Crippen LogP contribution is 2.40. The maximum absolute atomic E-state index is 13.3. The van der Waals surface area contributed by atoms with Gasteiger partial charge >= 0.3 is 0 Å². The lowest BCUT2D eigenvalue weighted by Gasteiger charge is -2.28. The molecule has 1 aliphatic rings. The molecule has 0 bridgehead atoms. The minimum Gasteiger partial charge on any atom is -0.480 e. The highest BCUT2D eigenvalue weighted by Gasteiger charge is 2.33. The number of nitrogens with zero attached hydrogens (tertiary/aromatic N) is 1. The molecule has 0 amide bonds. The van der Waals surface area contributed by atoms with Gasteiger partial charge in [0.2, 0.25) is 0 Å². The number of aryl methyl sites for hydroxylation is 1. The minimum absolute atomic E-state index is 0.0643. The maximum Gasteiger partial charge on any atom is 0.196 e. The van der Waals surface area contributed by atoms with Crippen LogP contribution in [0.25, 0.3) is 6.08 Å². The van der Waals surface area contributed by atoms with Crippen LogP contribution in [0.4, 0.5) is 0 Å². The summed E-state index contributed by atoms with van der Waals surface area (Å²) in [5, 5.41) is 9.61. The van der Waals surface area contributed by atoms with Gasteiger partial charge in [0.15, 0.2) is 11.9 Å². The maximum atomic E-state index is 13.3. The van der Waals surface area contributed by atoms with Crippen molar-refractivity contribution in [1.82, 2.24) is 0 Å². The molecule has 136 valence electrons. The van der Waals surface area contributed by atoms with Crippen LogP contribution < -0.4 is 4.74 Å². The summed E-state index contributed by atoms with van der Waals surface area (Å²) in [6.45, 7) is 1.97. The first-order chi connectivity index (χ1) is 13.5. The average Bonchev–Trinajstić information content (AvgIpc) is 2.71. The zero-order valence-electron chi connectivity index (χ0n) is 15.1. The molecule has 4 rings (SSSR count). The summed E-state index contributed by atoms with van der Waals surface area (Å²) < 4.78 is 6.25. The van der Waals surface area contributed by atoms with E-state index in [2.05, 4.69) is 6.07 Å². The molecule has 1 atom stereocenters. The van der Waals surface area contributed by atoms with Crippen molar-refractivity contribution in [3.05, 3.63) is 105 Å². The Labute approximate surface area is 168 Å². The number of Topliss-reactive ketones (excluding diaryl/α,β-unsaturated/α-hetero) is 1. The largest absolute Gasteiger partial charge is 0.480 e. The molecular weight excluding hydrogens is 370 g/mol. The molecule has 1 heterocycles. The van der Waals surface area contributed by atoms with Gasteiger partial charge in [0.05, 0.1) is 17.2 Å². The first-order valence-electron chi connectivity index (χ1n) is 8.84. The van der Waals surface area contributed by atoms with E-state index in [-0.39, 0.29) is 5.78 Å². The molecule has 0 aromatic heterocycles. The Kier molecular flexibility index (Phi) is 4.73. The lowest BCUT2D eigenvalue weighted by atomic mass is 9.89. The summed E-state index contributed by atoms with van der Waals surface area (Å²) in [6.07, 6.45) is 1.29. The monoisotopic (exact) mass is 385 g/mol. The van der Waals surface area contributed by atoms with E-state index in [1.54, 1.807) is 30.3 Å². The fourth-order valence-electron chi connectivity index (χ4n) is 3.24. The summed E-state index contributed by atoms with van der Waals surface area (Å²) in [4.78, 5) is 13.3. The number of rotatable bonds is 2. The lowest BCUT2D eigenvalue weighted by Crippen LogP contribution is -2.23. The Bertz CT molecular complexity index is 1120. The molecule has 3 aromatic carbocycles. The van der Waals surface area contributed by atoms with Crippen LogP contribution in [0.3, 0.4) is 0 Å². The minimum atomic E-state index is -0.533. The van der Waals surface area contributed by atoms with Gasteiger partial charge in [0.25, 0.3) is 0 Å². The van der Waals surface area contributed by atoms with Crippen LogP contribution >= 0.6 is 11.6 Å². The molecule has 3 nitrogen and oxygen atoms in total. The summed E-state index contributed by atoms with van der Waals surface area (Å²) in [5.74, 6) is 0.521. The molecule has 1 unspecified atom stereocenters. The number of ketones is 1. The Morgan fingerprint density at radius 2 is 1.75 bits per heavy atom. The molecule has 3 aromatic rings. The van der Waals surface area contributed by atoms with E-state index in [1.807, 2.05) is 49.4 Å². The number of carbonyl (C=O) groups excluding carboxylic acids is 1. The van der Waals surface area contributed by atoms with Gasteiger partial charge in [-0.3, -0.25) is 4.79 Å². The third kappa shape index (κ3) is 3.43. The summed E-state index contributed by atoms with van der Waals surface area (Å²) in [6, 6.07) is 22.1. The Morgan fingerprint density at radius 3 is 2.43 bits per heavy atom. The molecule has 0 fully saturated rings. The second-order valence-corrected chi connectivity index (χ2v) is 7.15. The standard InChI is InChI=1S/C24H16ClNO2/c1-15-2-11-20-22(12-15)28-24(18-7-9-19(25)10-8-18)21(23(20)27)13-16-3-5-17(14-26)6-4-16/h2-13,24H,1H3/b21-13-. The zero-order valence-corrected chi connectivity index (χ0v) is 15.9. The summed E-state index contributed by atoms with van der Waals surface area (Å²) in [7, 11) is 0. The van der Waals surface area contributed by atoms with Crippen molar-refractivity contribution in [2.75, 3.05) is 0 Å². The highest BCUT2D eigenvalue weighted by atomic mass is 35.5. The molecule has 28 heavy (non-hydrogen) atoms. The second kappa shape index (κ2) is 7.34. The quantitative estimate of drug-likeness (QED) is 0.514. The van der Waals surface area contributed by atoms with E-state index in [4.69, 9.17) is 21.6 Å². The predicted octanol–water partition coefficient (Wildman–Crippen LogP) is 5.92. The van der Waals surface area contributed by atoms with Gasteiger partial charge in [-0.25, -0.2) is 0 Å². The number of hydrogen-bond acceptors (Lipinski definition) is 3. The number of carbonyl (C=O) groups is 1. The van der Waals surface area contributed by atoms with Crippen LogP contribution in [0.5, 0.6) is 5.75 Å². The molecule has 0 saturated heterocycles. The average molecular weight is 386 g/mol. The van der Waals surface area contributed by atoms with Crippen molar-refractivity contribution >= 4 is 23.5 Å². The van der Waals surface area contributed by atoms with Crippen LogP contribution in [0.2, 0.25) is 5.02 Å². The third-order valence-electron chi connectivity index (χ3n) is 4.71. The van der Waals surface area contributed by atoms with Crippen molar-refractivity contribution in [2.24, 2.45) is 0 Å². The SMILES string of the molecule is Cc1ccc2c(c1)OC(c1ccc(Cl)cc1)/C(=C\c1ccc(C#N)cc1)C2=O. The molecule has 0 saturated carbocycles. The molecule has 0 aliphatic carbocycles. The summed E-state index contributed by atoms with van der Waals surface area (Å²) in [5.41, 5.74) is 4.38. The third-order valence-corrected chi connectivity index (χ3v) is 4.96. The fraction of sp³-hybridized carbons (Fsp3) is 0.0833. The molecule has 0 radical (unpaired) electrons. The normalized spacial score (nSPS) is 17.0. The smallest absolute Gasteiger partial charge is 0.196 e. The molecule has 1 aliphatic heterocycles. The van der Waals surface area contributed by atoms with E-state index >= 15 is 0 Å². The van der Waals surface area contributed by atoms with E-state index in [0.29, 0.717) is 27.5 Å². The van der Waals surface area contributed by atoms with Gasteiger partial charge in [0.1, 0.15) is 5.75 Å². The molecule has 0 N–H and O–H groups in total. The lowest BCUT2D eigenvalue weighted by molar-refractivity contribution is 0.0963. The first kappa shape index (κ1) is 18.0. The van der Waals surface area contributed by atoms with E-state index in [0.717, 1.165) is 16.7 Å². The van der Waals surface area contributed by atoms with Crippen molar-refractivity contribution in [1.29, 1.82) is 5.26 Å². The van der Waals surface area contributed by atoms with Gasteiger partial charge in [-0.15, -0.1) is 0 Å². The van der Waals surface area contributed by atoms with Gasteiger partial charge in [-0.1, -0.05) is 41.9 Å². The Morgan fingerprint density at radius 1 is 1.04 bits per heavy atom. The number of halogens is 1. The van der Waals surface area contributed by atoms with Crippen LogP contribution in [0.15, 0.2) is 72.3 Å². The number of fused-ring (bicyclic) bond motifs is 1. The van der Waals surface area contributed by atoms with Gasteiger partial charge in [-0.05, 0) is 66.1 Å². The van der Waals surface area contributed by atoms with Gasteiger partial charge in [0, 0.05) is 10.6 Å².